The summed E-state index contributed by atoms with van der Waals surface area (Å²) in [5.74, 6) is 1.49. The van der Waals surface area contributed by atoms with Gasteiger partial charge in [0.2, 0.25) is 5.89 Å². The van der Waals surface area contributed by atoms with Gasteiger partial charge in [0.25, 0.3) is 0 Å². The highest BCUT2D eigenvalue weighted by Crippen LogP contribution is 2.33. The minimum atomic E-state index is -0.167. The van der Waals surface area contributed by atoms with Crippen molar-refractivity contribution in [1.29, 1.82) is 0 Å². The lowest BCUT2D eigenvalue weighted by Crippen LogP contribution is -2.16. The van der Waals surface area contributed by atoms with Crippen molar-refractivity contribution in [3.8, 4) is 0 Å². The smallest absolute Gasteiger partial charge is 0.230 e. The van der Waals surface area contributed by atoms with Gasteiger partial charge in [-0.2, -0.15) is 4.98 Å². The highest BCUT2D eigenvalue weighted by atomic mass is 16.5. The largest absolute Gasteiger partial charge is 0.339 e. The fraction of sp³-hybridized carbons (Fsp3) is 0.800. The van der Waals surface area contributed by atoms with Crippen LogP contribution < -0.4 is 5.73 Å². The van der Waals surface area contributed by atoms with E-state index in [0.29, 0.717) is 11.7 Å². The highest BCUT2D eigenvalue weighted by Gasteiger charge is 2.27. The maximum Gasteiger partial charge on any atom is 0.230 e. The summed E-state index contributed by atoms with van der Waals surface area (Å²) >= 11 is 0. The Morgan fingerprint density at radius 3 is 2.21 bits per heavy atom. The topological polar surface area (TPSA) is 64.9 Å². The lowest BCUT2D eigenvalue weighted by atomic mass is 9.82. The van der Waals surface area contributed by atoms with Crippen molar-refractivity contribution >= 4 is 0 Å². The van der Waals surface area contributed by atoms with E-state index >= 15 is 0 Å². The van der Waals surface area contributed by atoms with Crippen LogP contribution in [0.3, 0.4) is 0 Å². The SMILES string of the molecule is CC(N)c1noc(C(C)C(C)(C)C)n1. The molecule has 2 atom stereocenters. The predicted molar refractivity (Wildman–Crippen MR) is 54.8 cm³/mol. The minimum absolute atomic E-state index is 0.127. The highest BCUT2D eigenvalue weighted by molar-refractivity contribution is 4.99. The maximum absolute atomic E-state index is 5.65. The summed E-state index contributed by atoms with van der Waals surface area (Å²) in [7, 11) is 0. The van der Waals surface area contributed by atoms with Gasteiger partial charge in [-0.1, -0.05) is 32.9 Å². The Bertz CT molecular complexity index is 299. The number of nitrogens with zero attached hydrogens (tertiary/aromatic N) is 2. The molecule has 0 aliphatic rings. The summed E-state index contributed by atoms with van der Waals surface area (Å²) in [5.41, 5.74) is 5.78. The third-order valence-electron chi connectivity index (χ3n) is 2.53. The van der Waals surface area contributed by atoms with Crippen LogP contribution in [0.25, 0.3) is 0 Å². The first-order chi connectivity index (χ1) is 6.32. The molecule has 2 unspecified atom stereocenters. The molecule has 14 heavy (non-hydrogen) atoms. The van der Waals surface area contributed by atoms with E-state index in [1.165, 1.54) is 0 Å². The van der Waals surface area contributed by atoms with Crippen molar-refractivity contribution in [2.24, 2.45) is 11.1 Å². The molecule has 0 fully saturated rings. The van der Waals surface area contributed by atoms with Gasteiger partial charge in [0.05, 0.1) is 6.04 Å². The van der Waals surface area contributed by atoms with Crippen molar-refractivity contribution in [1.82, 2.24) is 10.1 Å². The van der Waals surface area contributed by atoms with Crippen molar-refractivity contribution < 1.29 is 4.52 Å². The van der Waals surface area contributed by atoms with E-state index in [0.717, 1.165) is 0 Å². The van der Waals surface area contributed by atoms with Crippen LogP contribution in [-0.2, 0) is 0 Å². The Balaban J connectivity index is 2.87. The van der Waals surface area contributed by atoms with Crippen LogP contribution >= 0.6 is 0 Å². The van der Waals surface area contributed by atoms with Gasteiger partial charge in [0.15, 0.2) is 5.82 Å². The molecule has 1 aromatic heterocycles. The Kier molecular flexibility index (Phi) is 2.95. The fourth-order valence-electron chi connectivity index (χ4n) is 0.979. The van der Waals surface area contributed by atoms with Crippen molar-refractivity contribution in [3.05, 3.63) is 11.7 Å². The van der Waals surface area contributed by atoms with E-state index in [2.05, 4.69) is 37.8 Å². The average molecular weight is 197 g/mol. The molecule has 1 heterocycles. The van der Waals surface area contributed by atoms with Crippen molar-refractivity contribution in [2.75, 3.05) is 0 Å². The molecule has 0 saturated heterocycles. The Morgan fingerprint density at radius 1 is 1.29 bits per heavy atom. The number of nitrogens with two attached hydrogens (primary N) is 1. The number of hydrogen-bond donors (Lipinski definition) is 1. The number of hydrogen-bond acceptors (Lipinski definition) is 4. The summed E-state index contributed by atoms with van der Waals surface area (Å²) in [5, 5.41) is 3.84. The third-order valence-corrected chi connectivity index (χ3v) is 2.53. The second-order valence-corrected chi connectivity index (χ2v) is 4.87. The van der Waals surface area contributed by atoms with Gasteiger partial charge in [0.1, 0.15) is 0 Å². The number of rotatable bonds is 2. The molecular weight excluding hydrogens is 178 g/mol. The van der Waals surface area contributed by atoms with Gasteiger partial charge in [-0.3, -0.25) is 0 Å². The van der Waals surface area contributed by atoms with E-state index in [4.69, 9.17) is 10.3 Å². The molecule has 2 N–H and O–H groups in total. The fourth-order valence-corrected chi connectivity index (χ4v) is 0.979. The van der Waals surface area contributed by atoms with Gasteiger partial charge in [0, 0.05) is 5.92 Å². The quantitative estimate of drug-likeness (QED) is 0.789. The van der Waals surface area contributed by atoms with E-state index in [-0.39, 0.29) is 17.4 Å². The van der Waals surface area contributed by atoms with Gasteiger partial charge in [-0.05, 0) is 12.3 Å². The summed E-state index contributed by atoms with van der Waals surface area (Å²) in [6.07, 6.45) is 0. The third kappa shape index (κ3) is 2.32. The average Bonchev–Trinajstić information content (AvgIpc) is 2.48. The van der Waals surface area contributed by atoms with Gasteiger partial charge in [-0.15, -0.1) is 0 Å². The van der Waals surface area contributed by atoms with Crippen LogP contribution in [0.2, 0.25) is 0 Å². The van der Waals surface area contributed by atoms with Crippen LogP contribution in [0, 0.1) is 5.41 Å². The first-order valence-electron chi connectivity index (χ1n) is 4.91. The van der Waals surface area contributed by atoms with Crippen molar-refractivity contribution in [3.63, 3.8) is 0 Å². The minimum Gasteiger partial charge on any atom is -0.339 e. The molecular formula is C10H19N3O. The lowest BCUT2D eigenvalue weighted by Gasteiger charge is -2.23. The van der Waals surface area contributed by atoms with Crippen LogP contribution in [0.4, 0.5) is 0 Å². The Hall–Kier alpha value is -0.900. The zero-order valence-corrected chi connectivity index (χ0v) is 9.53. The second-order valence-electron chi connectivity index (χ2n) is 4.87. The monoisotopic (exact) mass is 197 g/mol. The second kappa shape index (κ2) is 3.69. The summed E-state index contributed by atoms with van der Waals surface area (Å²) in [4.78, 5) is 4.27. The van der Waals surface area contributed by atoms with E-state index in [1.54, 1.807) is 0 Å². The predicted octanol–water partition coefficient (Wildman–Crippen LogP) is 2.24. The molecule has 0 saturated carbocycles. The first kappa shape index (κ1) is 11.2. The molecule has 0 bridgehead atoms. The normalized spacial score (nSPS) is 16.7. The standard InChI is InChI=1S/C10H19N3O/c1-6(10(3,4)5)9-12-8(7(2)11)13-14-9/h6-7H,11H2,1-5H3. The van der Waals surface area contributed by atoms with Gasteiger partial charge < -0.3 is 10.3 Å². The summed E-state index contributed by atoms with van der Waals surface area (Å²) in [6, 6.07) is -0.167. The zero-order chi connectivity index (χ0) is 10.9. The van der Waals surface area contributed by atoms with Crippen LogP contribution in [0.5, 0.6) is 0 Å². The molecule has 1 aromatic rings. The molecule has 0 aliphatic carbocycles. The van der Waals surface area contributed by atoms with E-state index in [1.807, 2.05) is 6.92 Å². The van der Waals surface area contributed by atoms with Crippen LogP contribution in [0.1, 0.15) is 58.3 Å². The molecule has 0 aromatic carbocycles. The van der Waals surface area contributed by atoms with Crippen LogP contribution in [0.15, 0.2) is 4.52 Å². The molecule has 4 heteroatoms. The first-order valence-corrected chi connectivity index (χ1v) is 4.91. The molecule has 0 aliphatic heterocycles. The Labute approximate surface area is 84.9 Å². The van der Waals surface area contributed by atoms with Gasteiger partial charge in [-0.25, -0.2) is 0 Å². The molecule has 0 radical (unpaired) electrons. The van der Waals surface area contributed by atoms with Crippen molar-refractivity contribution in [2.45, 2.75) is 46.6 Å². The molecule has 0 amide bonds. The summed E-state index contributed by atoms with van der Waals surface area (Å²) < 4.78 is 5.17. The molecule has 1 rings (SSSR count). The molecule has 4 nitrogen and oxygen atoms in total. The molecule has 80 valence electrons. The Morgan fingerprint density at radius 2 is 1.86 bits per heavy atom. The number of aromatic nitrogens is 2. The van der Waals surface area contributed by atoms with Crippen LogP contribution in [-0.4, -0.2) is 10.1 Å². The summed E-state index contributed by atoms with van der Waals surface area (Å²) in [6.45, 7) is 10.4. The lowest BCUT2D eigenvalue weighted by molar-refractivity contribution is 0.261. The van der Waals surface area contributed by atoms with Gasteiger partial charge >= 0.3 is 0 Å². The molecule has 0 spiro atoms. The van der Waals surface area contributed by atoms with E-state index < -0.39 is 0 Å². The van der Waals surface area contributed by atoms with E-state index in [9.17, 15) is 0 Å². The maximum atomic E-state index is 5.65. The zero-order valence-electron chi connectivity index (χ0n) is 9.53.